The van der Waals surface area contributed by atoms with Crippen molar-refractivity contribution in [3.05, 3.63) is 71.8 Å². The van der Waals surface area contributed by atoms with Crippen LogP contribution < -0.4 is 0 Å². The van der Waals surface area contributed by atoms with Gasteiger partial charge in [0.1, 0.15) is 6.61 Å². The van der Waals surface area contributed by atoms with Crippen LogP contribution in [0.5, 0.6) is 0 Å². The lowest BCUT2D eigenvalue weighted by atomic mass is 10.2. The summed E-state index contributed by atoms with van der Waals surface area (Å²) in [4.78, 5) is 20.6. The molecule has 0 amide bonds. The summed E-state index contributed by atoms with van der Waals surface area (Å²) < 4.78 is 5.18. The average molecular weight is 272 g/mol. The summed E-state index contributed by atoms with van der Waals surface area (Å²) in [5, 5.41) is 7.42. The number of carbonyl (C=O) groups excluding carboxylic acids is 1. The smallest absolute Gasteiger partial charge is 0.338 e. The van der Waals surface area contributed by atoms with Gasteiger partial charge in [-0.25, -0.2) is 4.79 Å². The van der Waals surface area contributed by atoms with E-state index in [-0.39, 0.29) is 5.97 Å². The summed E-state index contributed by atoms with van der Waals surface area (Å²) in [6, 6.07) is 18.6. The molecule has 0 aliphatic heterocycles. The molecule has 20 heavy (non-hydrogen) atoms. The third kappa shape index (κ3) is 6.35. The Hall–Kier alpha value is -2.62. The molecule has 4 nitrogen and oxygen atoms in total. The van der Waals surface area contributed by atoms with Crippen molar-refractivity contribution in [3.8, 4) is 0 Å². The Morgan fingerprint density at radius 1 is 0.950 bits per heavy atom. The highest BCUT2D eigenvalue weighted by Crippen LogP contribution is 2.05. The van der Waals surface area contributed by atoms with Crippen LogP contribution in [0.3, 0.4) is 0 Å². The Morgan fingerprint density at radius 3 is 1.90 bits per heavy atom. The number of esters is 1. The zero-order chi connectivity index (χ0) is 14.8. The third-order valence-electron chi connectivity index (χ3n) is 2.22. The number of carboxylic acid groups (broad SMARTS) is 1. The van der Waals surface area contributed by atoms with Crippen molar-refractivity contribution in [2.24, 2.45) is 0 Å². The van der Waals surface area contributed by atoms with Crippen LogP contribution in [-0.4, -0.2) is 17.0 Å². The maximum atomic E-state index is 11.6. The minimum atomic E-state index is -0.833. The lowest BCUT2D eigenvalue weighted by Gasteiger charge is -2.04. The first-order chi connectivity index (χ1) is 9.59. The molecule has 4 heteroatoms. The predicted octanol–water partition coefficient (Wildman–Crippen LogP) is 3.13. The van der Waals surface area contributed by atoms with Gasteiger partial charge in [0.25, 0.3) is 5.97 Å². The summed E-state index contributed by atoms with van der Waals surface area (Å²) in [7, 11) is 0. The number of carbonyl (C=O) groups is 2. The lowest BCUT2D eigenvalue weighted by molar-refractivity contribution is -0.134. The minimum Gasteiger partial charge on any atom is -0.481 e. The van der Waals surface area contributed by atoms with Crippen LogP contribution in [0.2, 0.25) is 0 Å². The second kappa shape index (κ2) is 8.48. The first-order valence-electron chi connectivity index (χ1n) is 6.05. The van der Waals surface area contributed by atoms with Crippen LogP contribution >= 0.6 is 0 Å². The van der Waals surface area contributed by atoms with E-state index in [0.717, 1.165) is 12.5 Å². The van der Waals surface area contributed by atoms with Crippen molar-refractivity contribution in [2.45, 2.75) is 13.5 Å². The Balaban J connectivity index is 0.000000444. The summed E-state index contributed by atoms with van der Waals surface area (Å²) >= 11 is 0. The highest BCUT2D eigenvalue weighted by atomic mass is 16.5. The maximum absolute atomic E-state index is 11.6. The second-order valence-electron chi connectivity index (χ2n) is 3.95. The van der Waals surface area contributed by atoms with E-state index in [1.165, 1.54) is 0 Å². The van der Waals surface area contributed by atoms with Gasteiger partial charge in [-0.3, -0.25) is 4.79 Å². The summed E-state index contributed by atoms with van der Waals surface area (Å²) in [5.74, 6) is -1.12. The number of benzene rings is 2. The SMILES string of the molecule is CC(=O)O.O=C(OCc1ccccc1)c1ccccc1. The number of rotatable bonds is 3. The minimum absolute atomic E-state index is 0.288. The molecule has 0 aromatic heterocycles. The van der Waals surface area contributed by atoms with Gasteiger partial charge in [0, 0.05) is 6.92 Å². The molecule has 1 N–H and O–H groups in total. The number of aliphatic carboxylic acids is 1. The van der Waals surface area contributed by atoms with Gasteiger partial charge < -0.3 is 9.84 Å². The molecule has 0 radical (unpaired) electrons. The molecule has 0 heterocycles. The van der Waals surface area contributed by atoms with Crippen molar-refractivity contribution in [1.82, 2.24) is 0 Å². The molecule has 2 rings (SSSR count). The maximum Gasteiger partial charge on any atom is 0.338 e. The third-order valence-corrected chi connectivity index (χ3v) is 2.22. The normalized spacial score (nSPS) is 9.05. The molecule has 0 aliphatic carbocycles. The first-order valence-corrected chi connectivity index (χ1v) is 6.05. The van der Waals surface area contributed by atoms with E-state index in [1.807, 2.05) is 48.5 Å². The van der Waals surface area contributed by atoms with Gasteiger partial charge in [0.2, 0.25) is 0 Å². The standard InChI is InChI=1S/C14H12O2.C2H4O2/c15-14(13-9-5-2-6-10-13)16-11-12-7-3-1-4-8-12;1-2(3)4/h1-10H,11H2;1H3,(H,3,4). The topological polar surface area (TPSA) is 63.6 Å². The van der Waals surface area contributed by atoms with Crippen LogP contribution in [-0.2, 0) is 16.1 Å². The van der Waals surface area contributed by atoms with Gasteiger partial charge in [-0.2, -0.15) is 0 Å². The van der Waals surface area contributed by atoms with Crippen molar-refractivity contribution in [1.29, 1.82) is 0 Å². The predicted molar refractivity (Wildman–Crippen MR) is 75.3 cm³/mol. The molecular weight excluding hydrogens is 256 g/mol. The second-order valence-corrected chi connectivity index (χ2v) is 3.95. The highest BCUT2D eigenvalue weighted by molar-refractivity contribution is 5.89. The molecular formula is C16H16O4. The largest absolute Gasteiger partial charge is 0.481 e. The summed E-state index contributed by atoms with van der Waals surface area (Å²) in [5.41, 5.74) is 1.57. The van der Waals surface area contributed by atoms with E-state index in [9.17, 15) is 4.79 Å². The first kappa shape index (κ1) is 15.4. The highest BCUT2D eigenvalue weighted by Gasteiger charge is 2.05. The molecule has 0 saturated heterocycles. The molecule has 2 aromatic rings. The molecule has 0 fully saturated rings. The van der Waals surface area contributed by atoms with Gasteiger partial charge in [0.15, 0.2) is 0 Å². The van der Waals surface area contributed by atoms with Crippen molar-refractivity contribution in [2.75, 3.05) is 0 Å². The Bertz CT molecular complexity index is 531. The fourth-order valence-corrected chi connectivity index (χ4v) is 1.38. The summed E-state index contributed by atoms with van der Waals surface area (Å²) in [6.07, 6.45) is 0. The van der Waals surface area contributed by atoms with Crippen LogP contribution in [0.15, 0.2) is 60.7 Å². The average Bonchev–Trinajstić information content (AvgIpc) is 2.46. The van der Waals surface area contributed by atoms with E-state index < -0.39 is 5.97 Å². The molecule has 0 saturated carbocycles. The number of hydrogen-bond acceptors (Lipinski definition) is 3. The zero-order valence-corrected chi connectivity index (χ0v) is 11.2. The van der Waals surface area contributed by atoms with Gasteiger partial charge in [-0.05, 0) is 17.7 Å². The van der Waals surface area contributed by atoms with Gasteiger partial charge in [-0.1, -0.05) is 48.5 Å². The Labute approximate surface area is 117 Å². The van der Waals surface area contributed by atoms with Crippen LogP contribution in [0.25, 0.3) is 0 Å². The van der Waals surface area contributed by atoms with Gasteiger partial charge in [-0.15, -0.1) is 0 Å². The number of ether oxygens (including phenoxy) is 1. The Morgan fingerprint density at radius 2 is 1.40 bits per heavy atom. The molecule has 2 aromatic carbocycles. The van der Waals surface area contributed by atoms with E-state index in [1.54, 1.807) is 12.1 Å². The van der Waals surface area contributed by atoms with E-state index >= 15 is 0 Å². The molecule has 0 spiro atoms. The molecule has 104 valence electrons. The number of hydrogen-bond donors (Lipinski definition) is 1. The molecule has 0 bridgehead atoms. The van der Waals surface area contributed by atoms with Crippen LogP contribution in [0, 0.1) is 0 Å². The van der Waals surface area contributed by atoms with Crippen LogP contribution in [0.1, 0.15) is 22.8 Å². The molecule has 0 aliphatic rings. The van der Waals surface area contributed by atoms with Crippen molar-refractivity contribution < 1.29 is 19.4 Å². The van der Waals surface area contributed by atoms with Crippen molar-refractivity contribution in [3.63, 3.8) is 0 Å². The quantitative estimate of drug-likeness (QED) is 0.872. The fourth-order valence-electron chi connectivity index (χ4n) is 1.38. The number of carboxylic acids is 1. The van der Waals surface area contributed by atoms with Gasteiger partial charge in [0.05, 0.1) is 5.56 Å². The fraction of sp³-hybridized carbons (Fsp3) is 0.125. The van der Waals surface area contributed by atoms with E-state index in [0.29, 0.717) is 12.2 Å². The molecule has 0 unspecified atom stereocenters. The molecule has 0 atom stereocenters. The summed E-state index contributed by atoms with van der Waals surface area (Å²) in [6.45, 7) is 1.40. The van der Waals surface area contributed by atoms with Crippen molar-refractivity contribution >= 4 is 11.9 Å². The van der Waals surface area contributed by atoms with E-state index in [4.69, 9.17) is 14.6 Å². The monoisotopic (exact) mass is 272 g/mol. The van der Waals surface area contributed by atoms with Gasteiger partial charge >= 0.3 is 5.97 Å². The Kier molecular flexibility index (Phi) is 6.54. The van der Waals surface area contributed by atoms with Crippen LogP contribution in [0.4, 0.5) is 0 Å². The lowest BCUT2D eigenvalue weighted by Crippen LogP contribution is -2.04. The zero-order valence-electron chi connectivity index (χ0n) is 11.2. The van der Waals surface area contributed by atoms with E-state index in [2.05, 4.69) is 0 Å².